The van der Waals surface area contributed by atoms with Gasteiger partial charge in [-0.3, -0.25) is 4.79 Å². The van der Waals surface area contributed by atoms with Gasteiger partial charge in [0.15, 0.2) is 0 Å². The Morgan fingerprint density at radius 1 is 1.27 bits per heavy atom. The fraction of sp³-hybridized carbons (Fsp3) is 0.533. The summed E-state index contributed by atoms with van der Waals surface area (Å²) in [6, 6.07) is 7.22. The number of hydrogen-bond acceptors (Lipinski definition) is 4. The monoisotopic (exact) mass is 326 g/mol. The molecular weight excluding hydrogens is 304 g/mol. The second kappa shape index (κ2) is 7.11. The summed E-state index contributed by atoms with van der Waals surface area (Å²) in [5.74, 6) is 0.475. The van der Waals surface area contributed by atoms with Crippen molar-refractivity contribution >= 4 is 15.9 Å². The van der Waals surface area contributed by atoms with Crippen LogP contribution in [0.2, 0.25) is 0 Å². The zero-order valence-corrected chi connectivity index (χ0v) is 13.8. The second-order valence-electron chi connectivity index (χ2n) is 5.43. The van der Waals surface area contributed by atoms with Gasteiger partial charge in [-0.25, -0.2) is 8.42 Å². The molecule has 122 valence electrons. The first-order valence-electron chi connectivity index (χ1n) is 7.26. The molecule has 0 aromatic heterocycles. The van der Waals surface area contributed by atoms with E-state index in [1.807, 2.05) is 12.1 Å². The van der Waals surface area contributed by atoms with Gasteiger partial charge in [0.2, 0.25) is 15.9 Å². The molecule has 0 spiro atoms. The van der Waals surface area contributed by atoms with E-state index in [0.29, 0.717) is 18.8 Å². The lowest BCUT2D eigenvalue weighted by Crippen LogP contribution is -2.41. The lowest BCUT2D eigenvalue weighted by molar-refractivity contribution is -0.130. The number of carbonyl (C=O) groups is 1. The molecular formula is C15H22N2O4S. The molecule has 0 N–H and O–H groups in total. The number of amides is 1. The smallest absolute Gasteiger partial charge is 0.237 e. The number of rotatable bonds is 6. The molecule has 7 heteroatoms. The van der Waals surface area contributed by atoms with Crippen molar-refractivity contribution in [3.05, 3.63) is 29.8 Å². The number of nitrogens with zero attached hydrogens (tertiary/aromatic N) is 2. The average molecular weight is 326 g/mol. The maximum atomic E-state index is 12.2. The van der Waals surface area contributed by atoms with Crippen LogP contribution in [0.25, 0.3) is 0 Å². The van der Waals surface area contributed by atoms with Gasteiger partial charge < -0.3 is 9.64 Å². The van der Waals surface area contributed by atoms with Gasteiger partial charge in [-0.05, 0) is 18.9 Å². The fourth-order valence-corrected chi connectivity index (χ4v) is 3.25. The van der Waals surface area contributed by atoms with Gasteiger partial charge in [-0.1, -0.05) is 18.2 Å². The molecule has 0 atom stereocenters. The molecule has 0 aliphatic carbocycles. The number of carbonyl (C=O) groups excluding carboxylic acids is 1. The van der Waals surface area contributed by atoms with Crippen LogP contribution in [0.1, 0.15) is 18.4 Å². The molecule has 1 aliphatic heterocycles. The number of hydrogen-bond donors (Lipinski definition) is 0. The third kappa shape index (κ3) is 4.20. The maximum absolute atomic E-state index is 12.2. The number of benzene rings is 1. The minimum absolute atomic E-state index is 0.127. The molecule has 0 unspecified atom stereocenters. The summed E-state index contributed by atoms with van der Waals surface area (Å²) in [6.45, 7) is 1.43. The standard InChI is InChI=1S/C15H22N2O4S/c1-21-14-8-4-3-7-13(14)11-17(22(2,19)20)12-15(18)16-9-5-6-10-16/h3-4,7-8H,5-6,9-12H2,1-2H3. The highest BCUT2D eigenvalue weighted by Gasteiger charge is 2.26. The van der Waals surface area contributed by atoms with E-state index in [4.69, 9.17) is 4.74 Å². The molecule has 0 bridgehead atoms. The van der Waals surface area contributed by atoms with Crippen molar-refractivity contribution in [1.29, 1.82) is 0 Å². The highest BCUT2D eigenvalue weighted by atomic mass is 32.2. The van der Waals surface area contributed by atoms with Gasteiger partial charge in [0.1, 0.15) is 5.75 Å². The molecule has 1 saturated heterocycles. The normalized spacial score (nSPS) is 15.3. The van der Waals surface area contributed by atoms with Crippen LogP contribution in [0.4, 0.5) is 0 Å². The van der Waals surface area contributed by atoms with Crippen molar-refractivity contribution in [2.24, 2.45) is 0 Å². The minimum Gasteiger partial charge on any atom is -0.496 e. The minimum atomic E-state index is -3.48. The zero-order chi connectivity index (χ0) is 16.2. The van der Waals surface area contributed by atoms with E-state index in [1.54, 1.807) is 24.1 Å². The summed E-state index contributed by atoms with van der Waals surface area (Å²) in [7, 11) is -1.94. The van der Waals surface area contributed by atoms with Gasteiger partial charge in [0.05, 0.1) is 19.9 Å². The molecule has 1 fully saturated rings. The SMILES string of the molecule is COc1ccccc1CN(CC(=O)N1CCCC1)S(C)(=O)=O. The molecule has 1 heterocycles. The maximum Gasteiger partial charge on any atom is 0.237 e. The molecule has 6 nitrogen and oxygen atoms in total. The molecule has 1 aromatic carbocycles. The van der Waals surface area contributed by atoms with E-state index in [2.05, 4.69) is 0 Å². The first-order valence-corrected chi connectivity index (χ1v) is 9.11. The van der Waals surface area contributed by atoms with Crippen LogP contribution in [0, 0.1) is 0 Å². The van der Waals surface area contributed by atoms with Crippen molar-refractivity contribution in [2.75, 3.05) is 33.0 Å². The average Bonchev–Trinajstić information content (AvgIpc) is 3.00. The molecule has 1 amide bonds. The van der Waals surface area contributed by atoms with Gasteiger partial charge >= 0.3 is 0 Å². The first kappa shape index (κ1) is 16.8. The summed E-state index contributed by atoms with van der Waals surface area (Å²) < 4.78 is 30.4. The van der Waals surface area contributed by atoms with Crippen molar-refractivity contribution in [3.63, 3.8) is 0 Å². The highest BCUT2D eigenvalue weighted by molar-refractivity contribution is 7.88. The third-order valence-electron chi connectivity index (χ3n) is 3.78. The lowest BCUT2D eigenvalue weighted by atomic mass is 10.2. The Hall–Kier alpha value is -1.60. The Labute approximate surface area is 131 Å². The Morgan fingerprint density at radius 3 is 2.50 bits per heavy atom. The van der Waals surface area contributed by atoms with Crippen molar-refractivity contribution in [2.45, 2.75) is 19.4 Å². The Kier molecular flexibility index (Phi) is 5.42. The molecule has 0 radical (unpaired) electrons. The first-order chi connectivity index (χ1) is 10.4. The Bertz CT molecular complexity index is 624. The van der Waals surface area contributed by atoms with E-state index < -0.39 is 10.0 Å². The molecule has 2 rings (SSSR count). The predicted octanol–water partition coefficient (Wildman–Crippen LogP) is 1.08. The van der Waals surface area contributed by atoms with Crippen LogP contribution >= 0.6 is 0 Å². The van der Waals surface area contributed by atoms with Crippen molar-refractivity contribution in [3.8, 4) is 5.75 Å². The lowest BCUT2D eigenvalue weighted by Gasteiger charge is -2.23. The van der Waals surface area contributed by atoms with E-state index >= 15 is 0 Å². The number of ether oxygens (including phenoxy) is 1. The van der Waals surface area contributed by atoms with E-state index in [0.717, 1.165) is 24.7 Å². The molecule has 22 heavy (non-hydrogen) atoms. The number of sulfonamides is 1. The van der Waals surface area contributed by atoms with Gasteiger partial charge in [-0.15, -0.1) is 0 Å². The topological polar surface area (TPSA) is 66.9 Å². The highest BCUT2D eigenvalue weighted by Crippen LogP contribution is 2.20. The fourth-order valence-electron chi connectivity index (χ4n) is 2.53. The van der Waals surface area contributed by atoms with Crippen LogP contribution in [-0.2, 0) is 21.4 Å². The Morgan fingerprint density at radius 2 is 1.91 bits per heavy atom. The van der Waals surface area contributed by atoms with Crippen molar-refractivity contribution < 1.29 is 17.9 Å². The molecule has 1 aliphatic rings. The summed E-state index contributed by atoms with van der Waals surface area (Å²) in [5.41, 5.74) is 0.740. The predicted molar refractivity (Wildman–Crippen MR) is 84.1 cm³/mol. The van der Waals surface area contributed by atoms with Crippen LogP contribution < -0.4 is 4.74 Å². The zero-order valence-electron chi connectivity index (χ0n) is 13.0. The summed E-state index contributed by atoms with van der Waals surface area (Å²) >= 11 is 0. The van der Waals surface area contributed by atoms with E-state index in [-0.39, 0.29) is 19.0 Å². The number of likely N-dealkylation sites (tertiary alicyclic amines) is 1. The molecule has 0 saturated carbocycles. The number of methoxy groups -OCH3 is 1. The van der Waals surface area contributed by atoms with E-state index in [9.17, 15) is 13.2 Å². The van der Waals surface area contributed by atoms with Crippen LogP contribution in [0.5, 0.6) is 5.75 Å². The second-order valence-corrected chi connectivity index (χ2v) is 7.41. The third-order valence-corrected chi connectivity index (χ3v) is 4.97. The van der Waals surface area contributed by atoms with Crippen LogP contribution in [0.15, 0.2) is 24.3 Å². The largest absolute Gasteiger partial charge is 0.496 e. The van der Waals surface area contributed by atoms with Crippen LogP contribution in [0.3, 0.4) is 0 Å². The summed E-state index contributed by atoms with van der Waals surface area (Å²) in [6.07, 6.45) is 3.09. The van der Waals surface area contributed by atoms with Gasteiger partial charge in [0, 0.05) is 25.2 Å². The Balaban J connectivity index is 2.14. The van der Waals surface area contributed by atoms with Crippen molar-refractivity contribution in [1.82, 2.24) is 9.21 Å². The van der Waals surface area contributed by atoms with Gasteiger partial charge in [0.25, 0.3) is 0 Å². The summed E-state index contributed by atoms with van der Waals surface area (Å²) in [5, 5.41) is 0. The summed E-state index contributed by atoms with van der Waals surface area (Å²) in [4.78, 5) is 14.0. The van der Waals surface area contributed by atoms with Crippen LogP contribution in [-0.4, -0.2) is 56.5 Å². The number of para-hydroxylation sites is 1. The van der Waals surface area contributed by atoms with E-state index in [1.165, 1.54) is 4.31 Å². The van der Waals surface area contributed by atoms with Gasteiger partial charge in [-0.2, -0.15) is 4.31 Å². The quantitative estimate of drug-likeness (QED) is 0.784. The molecule has 1 aromatic rings.